The fourth-order valence-electron chi connectivity index (χ4n) is 2.47. The second kappa shape index (κ2) is 5.05. The van der Waals surface area contributed by atoms with Crippen LogP contribution in [0.4, 0.5) is 5.69 Å². The number of fused-ring (bicyclic) bond motifs is 1. The standard InChI is InChI=1S/C14H15N3O3/c1-9-6-11-12(8-16-9)13(17(18)19)2-3-14(11)20-10-4-5-15-7-10/h2-3,6,8,10,15H,4-5,7H2,1H3. The van der Waals surface area contributed by atoms with E-state index in [0.29, 0.717) is 11.1 Å². The normalized spacial score (nSPS) is 18.4. The summed E-state index contributed by atoms with van der Waals surface area (Å²) in [5, 5.41) is 15.6. The molecule has 1 unspecified atom stereocenters. The van der Waals surface area contributed by atoms with Crippen molar-refractivity contribution in [2.24, 2.45) is 0 Å². The first-order chi connectivity index (χ1) is 9.65. The van der Waals surface area contributed by atoms with Crippen LogP contribution in [-0.2, 0) is 0 Å². The van der Waals surface area contributed by atoms with Gasteiger partial charge in [0.15, 0.2) is 0 Å². The van der Waals surface area contributed by atoms with E-state index < -0.39 is 0 Å². The minimum Gasteiger partial charge on any atom is -0.488 e. The third-order valence-corrected chi connectivity index (χ3v) is 3.48. The summed E-state index contributed by atoms with van der Waals surface area (Å²) in [6, 6.07) is 5.00. The first-order valence-electron chi connectivity index (χ1n) is 6.56. The molecule has 20 heavy (non-hydrogen) atoms. The Morgan fingerprint density at radius 1 is 1.45 bits per heavy atom. The zero-order valence-corrected chi connectivity index (χ0v) is 11.1. The molecule has 0 bridgehead atoms. The lowest BCUT2D eigenvalue weighted by Crippen LogP contribution is -2.19. The number of nitro groups is 1. The Kier molecular flexibility index (Phi) is 3.23. The third kappa shape index (κ3) is 2.30. The molecule has 3 rings (SSSR count). The number of benzene rings is 1. The number of non-ortho nitro benzene ring substituents is 1. The molecule has 0 radical (unpaired) electrons. The minimum atomic E-state index is -0.389. The molecule has 1 aliphatic heterocycles. The third-order valence-electron chi connectivity index (χ3n) is 3.48. The van der Waals surface area contributed by atoms with Crippen LogP contribution in [0.15, 0.2) is 24.4 Å². The number of hydrogen-bond donors (Lipinski definition) is 1. The Bertz CT molecular complexity index is 666. The van der Waals surface area contributed by atoms with Crippen LogP contribution in [0.1, 0.15) is 12.1 Å². The topological polar surface area (TPSA) is 77.3 Å². The largest absolute Gasteiger partial charge is 0.488 e. The van der Waals surface area contributed by atoms with Gasteiger partial charge in [0.05, 0.1) is 10.3 Å². The molecule has 1 aromatic carbocycles. The van der Waals surface area contributed by atoms with Crippen LogP contribution in [-0.4, -0.2) is 29.1 Å². The van der Waals surface area contributed by atoms with Crippen molar-refractivity contribution in [3.8, 4) is 5.75 Å². The molecule has 1 fully saturated rings. The van der Waals surface area contributed by atoms with Crippen LogP contribution >= 0.6 is 0 Å². The van der Waals surface area contributed by atoms with Crippen LogP contribution in [0.25, 0.3) is 10.8 Å². The summed E-state index contributed by atoms with van der Waals surface area (Å²) < 4.78 is 5.97. The number of nitrogens with one attached hydrogen (secondary N) is 1. The Morgan fingerprint density at radius 3 is 3.00 bits per heavy atom. The Morgan fingerprint density at radius 2 is 2.30 bits per heavy atom. The predicted octanol–water partition coefficient (Wildman–Crippen LogP) is 2.19. The van der Waals surface area contributed by atoms with E-state index in [9.17, 15) is 10.1 Å². The maximum atomic E-state index is 11.1. The van der Waals surface area contributed by atoms with E-state index in [1.165, 1.54) is 6.07 Å². The van der Waals surface area contributed by atoms with Gasteiger partial charge in [-0.2, -0.15) is 0 Å². The molecule has 2 aromatic rings. The lowest BCUT2D eigenvalue weighted by molar-refractivity contribution is -0.383. The summed E-state index contributed by atoms with van der Waals surface area (Å²) in [7, 11) is 0. The smallest absolute Gasteiger partial charge is 0.279 e. The molecule has 6 heteroatoms. The van der Waals surface area contributed by atoms with Crippen molar-refractivity contribution in [3.05, 3.63) is 40.2 Å². The molecule has 104 valence electrons. The summed E-state index contributed by atoms with van der Waals surface area (Å²) in [6.07, 6.45) is 2.61. The summed E-state index contributed by atoms with van der Waals surface area (Å²) in [5.41, 5.74) is 0.872. The molecule has 1 N–H and O–H groups in total. The molecule has 1 aromatic heterocycles. The molecule has 0 saturated carbocycles. The Balaban J connectivity index is 2.09. The van der Waals surface area contributed by atoms with Gasteiger partial charge in [-0.15, -0.1) is 0 Å². The van der Waals surface area contributed by atoms with Crippen molar-refractivity contribution in [2.45, 2.75) is 19.4 Å². The zero-order chi connectivity index (χ0) is 14.1. The van der Waals surface area contributed by atoms with Gasteiger partial charge in [0.2, 0.25) is 0 Å². The van der Waals surface area contributed by atoms with Gasteiger partial charge in [0.1, 0.15) is 11.9 Å². The first kappa shape index (κ1) is 12.8. The van der Waals surface area contributed by atoms with Crippen molar-refractivity contribution >= 4 is 16.5 Å². The fourth-order valence-corrected chi connectivity index (χ4v) is 2.47. The highest BCUT2D eigenvalue weighted by molar-refractivity contribution is 5.95. The SMILES string of the molecule is Cc1cc2c(OC3CCNC3)ccc([N+](=O)[O-])c2cn1. The average Bonchev–Trinajstić information content (AvgIpc) is 2.92. The van der Waals surface area contributed by atoms with Gasteiger partial charge in [-0.05, 0) is 32.0 Å². The average molecular weight is 273 g/mol. The van der Waals surface area contributed by atoms with Crippen LogP contribution in [0, 0.1) is 17.0 Å². The van der Waals surface area contributed by atoms with Gasteiger partial charge < -0.3 is 10.1 Å². The lowest BCUT2D eigenvalue weighted by Gasteiger charge is -2.14. The van der Waals surface area contributed by atoms with Crippen molar-refractivity contribution in [2.75, 3.05) is 13.1 Å². The predicted molar refractivity (Wildman–Crippen MR) is 75.0 cm³/mol. The number of ether oxygens (including phenoxy) is 1. The quantitative estimate of drug-likeness (QED) is 0.685. The summed E-state index contributed by atoms with van der Waals surface area (Å²) in [4.78, 5) is 14.8. The van der Waals surface area contributed by atoms with Crippen molar-refractivity contribution in [3.63, 3.8) is 0 Å². The highest BCUT2D eigenvalue weighted by Gasteiger charge is 2.20. The lowest BCUT2D eigenvalue weighted by atomic mass is 10.1. The van der Waals surface area contributed by atoms with E-state index in [2.05, 4.69) is 10.3 Å². The molecule has 0 spiro atoms. The number of pyridine rings is 1. The van der Waals surface area contributed by atoms with Gasteiger partial charge in [-0.1, -0.05) is 0 Å². The molecule has 6 nitrogen and oxygen atoms in total. The van der Waals surface area contributed by atoms with E-state index in [1.807, 2.05) is 13.0 Å². The number of hydrogen-bond acceptors (Lipinski definition) is 5. The summed E-state index contributed by atoms with van der Waals surface area (Å²) in [5.74, 6) is 0.685. The Labute approximate surface area is 115 Å². The number of aromatic nitrogens is 1. The highest BCUT2D eigenvalue weighted by Crippen LogP contribution is 2.33. The number of nitro benzene ring substituents is 1. The van der Waals surface area contributed by atoms with E-state index >= 15 is 0 Å². The van der Waals surface area contributed by atoms with E-state index in [0.717, 1.165) is 30.6 Å². The van der Waals surface area contributed by atoms with Gasteiger partial charge >= 0.3 is 0 Å². The second-order valence-corrected chi connectivity index (χ2v) is 4.94. The van der Waals surface area contributed by atoms with Gasteiger partial charge in [0.25, 0.3) is 5.69 Å². The molecule has 0 amide bonds. The van der Waals surface area contributed by atoms with Gasteiger partial charge in [0, 0.05) is 29.9 Å². The molecule has 0 aliphatic carbocycles. The van der Waals surface area contributed by atoms with Crippen molar-refractivity contribution < 1.29 is 9.66 Å². The number of nitrogens with zero attached hydrogens (tertiary/aromatic N) is 2. The Hall–Kier alpha value is -2.21. The maximum Gasteiger partial charge on any atom is 0.279 e. The molecule has 1 atom stereocenters. The van der Waals surface area contributed by atoms with E-state index in [1.54, 1.807) is 12.3 Å². The number of rotatable bonds is 3. The maximum absolute atomic E-state index is 11.1. The van der Waals surface area contributed by atoms with Gasteiger partial charge in [-0.25, -0.2) is 0 Å². The van der Waals surface area contributed by atoms with Crippen LogP contribution < -0.4 is 10.1 Å². The highest BCUT2D eigenvalue weighted by atomic mass is 16.6. The first-order valence-corrected chi connectivity index (χ1v) is 6.56. The fraction of sp³-hybridized carbons (Fsp3) is 0.357. The van der Waals surface area contributed by atoms with E-state index in [4.69, 9.17) is 4.74 Å². The van der Waals surface area contributed by atoms with Gasteiger partial charge in [-0.3, -0.25) is 15.1 Å². The molecule has 1 aliphatic rings. The van der Waals surface area contributed by atoms with Crippen LogP contribution in [0.5, 0.6) is 5.75 Å². The van der Waals surface area contributed by atoms with E-state index in [-0.39, 0.29) is 16.7 Å². The van der Waals surface area contributed by atoms with Crippen molar-refractivity contribution in [1.29, 1.82) is 0 Å². The molecular formula is C14H15N3O3. The molecule has 1 saturated heterocycles. The summed E-state index contributed by atoms with van der Waals surface area (Å²) >= 11 is 0. The minimum absolute atomic E-state index is 0.0596. The second-order valence-electron chi connectivity index (χ2n) is 4.94. The monoisotopic (exact) mass is 273 g/mol. The summed E-state index contributed by atoms with van der Waals surface area (Å²) in [6.45, 7) is 3.61. The zero-order valence-electron chi connectivity index (χ0n) is 11.1. The van der Waals surface area contributed by atoms with Crippen molar-refractivity contribution in [1.82, 2.24) is 10.3 Å². The van der Waals surface area contributed by atoms with Crippen LogP contribution in [0.3, 0.4) is 0 Å². The molecule has 2 heterocycles. The van der Waals surface area contributed by atoms with Crippen LogP contribution in [0.2, 0.25) is 0 Å². The molecular weight excluding hydrogens is 258 g/mol. The number of aryl methyl sites for hydroxylation is 1.